The Morgan fingerprint density at radius 2 is 1.08 bits per heavy atom. The number of amidine groups is 1. The van der Waals surface area contributed by atoms with Crippen molar-refractivity contribution in [1.82, 2.24) is 4.48 Å². The highest BCUT2D eigenvalue weighted by Gasteiger charge is 2.56. The van der Waals surface area contributed by atoms with E-state index < -0.39 is 6.97 Å². The van der Waals surface area contributed by atoms with Crippen molar-refractivity contribution in [2.45, 2.75) is 0 Å². The first-order chi connectivity index (χ1) is 24.0. The van der Waals surface area contributed by atoms with Gasteiger partial charge in [-0.05, 0) is 173 Å². The Kier molecular flexibility index (Phi) is 10.0. The first kappa shape index (κ1) is 35.7. The topological polar surface area (TPSA) is 57.2 Å². The van der Waals surface area contributed by atoms with Crippen LogP contribution >= 0.6 is 90.4 Å². The molecule has 0 unspecified atom stereocenters. The van der Waals surface area contributed by atoms with Crippen LogP contribution in [0.15, 0.2) is 93.5 Å². The second-order valence-corrected chi connectivity index (χ2v) is 16.0. The van der Waals surface area contributed by atoms with E-state index in [1.807, 2.05) is 72.8 Å². The highest BCUT2D eigenvalue weighted by Crippen LogP contribution is 2.51. The number of aliphatic imine (C=N–C) groups is 1. The number of nitrogens with zero attached hydrogens (tertiary/aromatic N) is 3. The van der Waals surface area contributed by atoms with Gasteiger partial charge in [0, 0.05) is 34.1 Å². The molecule has 2 aliphatic heterocycles. The lowest BCUT2D eigenvalue weighted by Crippen LogP contribution is -2.53. The molecule has 1 aromatic heterocycles. The van der Waals surface area contributed by atoms with Crippen molar-refractivity contribution in [2.75, 3.05) is 28.4 Å². The van der Waals surface area contributed by atoms with E-state index in [1.54, 1.807) is 40.6 Å². The fraction of sp³-hybridized carbons (Fsp3) is 0.111. The number of halogens is 6. The Balaban J connectivity index is 1.62. The Labute approximate surface area is 342 Å². The van der Waals surface area contributed by atoms with Crippen LogP contribution in [0.2, 0.25) is 0 Å². The molecule has 3 heterocycles. The molecule has 0 atom stereocenters. The number of benzene rings is 4. The lowest BCUT2D eigenvalue weighted by Gasteiger charge is -2.32. The van der Waals surface area contributed by atoms with Gasteiger partial charge in [0.2, 0.25) is 5.82 Å². The van der Waals surface area contributed by atoms with Gasteiger partial charge in [0.05, 0.1) is 43.2 Å². The molecule has 5 aromatic rings. The minimum atomic E-state index is -4.55. The van der Waals surface area contributed by atoms with E-state index in [2.05, 4.69) is 90.4 Å². The fourth-order valence-corrected chi connectivity index (χ4v) is 9.27. The molecule has 0 spiro atoms. The zero-order valence-electron chi connectivity index (χ0n) is 26.9. The van der Waals surface area contributed by atoms with E-state index >= 15 is 8.63 Å². The lowest BCUT2D eigenvalue weighted by molar-refractivity contribution is -0.291. The van der Waals surface area contributed by atoms with E-state index in [9.17, 15) is 0 Å². The normalized spacial score (nSPS) is 14.7. The van der Waals surface area contributed by atoms with Gasteiger partial charge in [0.1, 0.15) is 28.7 Å². The summed E-state index contributed by atoms with van der Waals surface area (Å²) in [5, 5.41) is 0. The van der Waals surface area contributed by atoms with Crippen LogP contribution in [0.1, 0.15) is 11.1 Å². The Morgan fingerprint density at radius 3 is 1.56 bits per heavy atom. The van der Waals surface area contributed by atoms with Crippen LogP contribution in [0.4, 0.5) is 14.4 Å². The summed E-state index contributed by atoms with van der Waals surface area (Å²) in [4.78, 5) is 5.21. The number of allylic oxidation sites excluding steroid dienone is 1. The van der Waals surface area contributed by atoms with Gasteiger partial charge in [-0.3, -0.25) is 0 Å². The molecule has 254 valence electrons. The number of aromatic nitrogens is 1. The summed E-state index contributed by atoms with van der Waals surface area (Å²) in [6.45, 7) is -4.55. The molecular formula is C36H26BF2I4N3O4. The third-order valence-electron chi connectivity index (χ3n) is 8.59. The molecule has 0 fully saturated rings. The molecular weight excluding hydrogens is 1090 g/mol. The molecule has 0 saturated heterocycles. The molecule has 4 aromatic carbocycles. The molecule has 7 rings (SSSR count). The van der Waals surface area contributed by atoms with Crippen molar-refractivity contribution in [3.8, 4) is 45.4 Å². The van der Waals surface area contributed by atoms with Gasteiger partial charge in [-0.1, -0.05) is 12.1 Å². The third-order valence-corrected chi connectivity index (χ3v) is 12.1. The zero-order valence-corrected chi connectivity index (χ0v) is 35.5. The van der Waals surface area contributed by atoms with Gasteiger partial charge in [-0.2, -0.15) is 0 Å². The maximum absolute atomic E-state index is 18.1. The van der Waals surface area contributed by atoms with Gasteiger partial charge in [-0.15, -0.1) is 0 Å². The van der Waals surface area contributed by atoms with Gasteiger partial charge in [0.15, 0.2) is 0 Å². The first-order valence-electron chi connectivity index (χ1n) is 15.1. The standard InChI is InChI=1S/C36H26BF2I4N3O4/c1-47-25-13-21(14-26(17-25)48-2)29-31(42)33(19-5-9-23(40)10-6-19)45-35(29)44-36-30(22-15-27(49-3)18-28(16-22)50-4)32(43)34(46(36)37(45,38)39)20-7-11-24(41)12-8-20/h5-18H,1-4H3. The summed E-state index contributed by atoms with van der Waals surface area (Å²) in [7, 11) is 6.25. The number of fused-ring (bicyclic) bond motifs is 2. The van der Waals surface area contributed by atoms with Crippen LogP contribution in [0.25, 0.3) is 28.0 Å². The zero-order chi connectivity index (χ0) is 35.5. The van der Waals surface area contributed by atoms with Crippen LogP contribution in [-0.4, -0.2) is 55.9 Å². The summed E-state index contributed by atoms with van der Waals surface area (Å²) >= 11 is 8.79. The highest BCUT2D eigenvalue weighted by atomic mass is 127. The highest BCUT2D eigenvalue weighted by molar-refractivity contribution is 14.1. The van der Waals surface area contributed by atoms with Crippen LogP contribution in [0.3, 0.4) is 0 Å². The molecule has 0 saturated carbocycles. The molecule has 14 heteroatoms. The quantitative estimate of drug-likeness (QED) is 0.115. The minimum Gasteiger partial charge on any atom is -0.497 e. The van der Waals surface area contributed by atoms with Crippen molar-refractivity contribution in [3.63, 3.8) is 0 Å². The first-order valence-corrected chi connectivity index (χ1v) is 19.4. The molecule has 0 radical (unpaired) electrons. The number of ether oxygens (including phenoxy) is 4. The number of hydrogen-bond acceptors (Lipinski definition) is 5. The Hall–Kier alpha value is -2.72. The number of rotatable bonds is 8. The summed E-state index contributed by atoms with van der Waals surface area (Å²) in [5.41, 5.74) is 4.40. The van der Waals surface area contributed by atoms with Crippen molar-refractivity contribution >= 4 is 120 Å². The lowest BCUT2D eigenvalue weighted by atomic mass is 9.90. The monoisotopic (exact) mass is 1120 g/mol. The van der Waals surface area contributed by atoms with Crippen molar-refractivity contribution in [1.29, 1.82) is 0 Å². The van der Waals surface area contributed by atoms with Crippen molar-refractivity contribution in [3.05, 3.63) is 110 Å². The van der Waals surface area contributed by atoms with Crippen LogP contribution < -0.4 is 18.9 Å². The van der Waals surface area contributed by atoms with Gasteiger partial charge < -0.3 is 36.5 Å². The summed E-state index contributed by atoms with van der Waals surface area (Å²) in [6, 6.07) is 26.0. The maximum Gasteiger partial charge on any atom is 0.642 e. The summed E-state index contributed by atoms with van der Waals surface area (Å²) in [5.74, 6) is 2.39. The van der Waals surface area contributed by atoms with E-state index in [0.717, 1.165) is 16.1 Å². The molecule has 2 aliphatic rings. The predicted molar refractivity (Wildman–Crippen MR) is 228 cm³/mol. The average Bonchev–Trinajstić information content (AvgIpc) is 3.59. The van der Waals surface area contributed by atoms with E-state index in [-0.39, 0.29) is 11.7 Å². The number of hydrogen-bond donors (Lipinski definition) is 0. The summed E-state index contributed by atoms with van der Waals surface area (Å²) in [6.07, 6.45) is 0. The predicted octanol–water partition coefficient (Wildman–Crippen LogP) is 10.3. The van der Waals surface area contributed by atoms with Crippen LogP contribution in [0.5, 0.6) is 23.0 Å². The molecule has 0 N–H and O–H groups in total. The molecule has 0 bridgehead atoms. The van der Waals surface area contributed by atoms with E-state index in [0.29, 0.717) is 74.9 Å². The Morgan fingerprint density at radius 1 is 0.620 bits per heavy atom. The van der Waals surface area contributed by atoms with Crippen LogP contribution in [0, 0.1) is 10.7 Å². The largest absolute Gasteiger partial charge is 0.642 e. The minimum absolute atomic E-state index is 0.134. The molecule has 50 heavy (non-hydrogen) atoms. The molecule has 7 nitrogen and oxygen atoms in total. The smallest absolute Gasteiger partial charge is 0.497 e. The second kappa shape index (κ2) is 14.0. The molecule has 0 amide bonds. The van der Waals surface area contributed by atoms with Crippen LogP contribution in [-0.2, 0) is 0 Å². The summed E-state index contributed by atoms with van der Waals surface area (Å²) < 4.78 is 64.0. The van der Waals surface area contributed by atoms with E-state index in [1.165, 1.54) is 0 Å². The third kappa shape index (κ3) is 6.04. The van der Waals surface area contributed by atoms with Crippen molar-refractivity contribution < 1.29 is 32.1 Å². The van der Waals surface area contributed by atoms with E-state index in [4.69, 9.17) is 23.9 Å². The fourth-order valence-electron chi connectivity index (χ4n) is 6.30. The molecule has 0 aliphatic carbocycles. The average molecular weight is 1120 g/mol. The Bertz CT molecular complexity index is 2240. The SMILES string of the molecule is COc1cc(OC)cc(C2=C(I)C(c3ccc(I)cc3)=[N+]3C2=Nc2c(-c4cc(OC)cc(OC)c4)c(I)c(-c4ccc(I)cc4)n2[B-]3(F)F)c1. The number of methoxy groups -OCH3 is 4. The van der Waals surface area contributed by atoms with Gasteiger partial charge >= 0.3 is 6.97 Å². The second-order valence-electron chi connectivity index (χ2n) is 11.4. The maximum atomic E-state index is 18.1. The van der Waals surface area contributed by atoms with Crippen molar-refractivity contribution in [2.24, 2.45) is 4.99 Å². The van der Waals surface area contributed by atoms with Gasteiger partial charge in [0.25, 0.3) is 5.84 Å². The van der Waals surface area contributed by atoms with Gasteiger partial charge in [-0.25, -0.2) is 0 Å².